The van der Waals surface area contributed by atoms with Crippen molar-refractivity contribution in [2.24, 2.45) is 0 Å². The van der Waals surface area contributed by atoms with Crippen molar-refractivity contribution in [2.75, 3.05) is 6.61 Å². The van der Waals surface area contributed by atoms with E-state index < -0.39 is 12.5 Å². The Bertz CT molecular complexity index is 488. The molecule has 0 aromatic heterocycles. The predicted molar refractivity (Wildman–Crippen MR) is 63.8 cm³/mol. The molecule has 0 bridgehead atoms. The molecule has 0 aliphatic carbocycles. The molecule has 0 amide bonds. The van der Waals surface area contributed by atoms with E-state index in [9.17, 15) is 18.0 Å². The van der Waals surface area contributed by atoms with Gasteiger partial charge < -0.3 is 9.47 Å². The number of halogens is 4. The predicted octanol–water partition coefficient (Wildman–Crippen LogP) is 3.77. The van der Waals surface area contributed by atoms with Gasteiger partial charge in [0.25, 0.3) is 0 Å². The highest BCUT2D eigenvalue weighted by atomic mass is 79.9. The molecule has 2 rings (SSSR count). The molecule has 0 spiro atoms. The lowest BCUT2D eigenvalue weighted by Gasteiger charge is -2.24. The summed E-state index contributed by atoms with van der Waals surface area (Å²) in [5.41, 5.74) is 0.222. The summed E-state index contributed by atoms with van der Waals surface area (Å²) in [6.45, 7) is 0.210. The van der Waals surface area contributed by atoms with Crippen LogP contribution in [0.25, 0.3) is 0 Å². The van der Waals surface area contributed by atoms with E-state index in [4.69, 9.17) is 4.74 Å². The third kappa shape index (κ3) is 3.94. The number of hydrogen-bond donors (Lipinski definition) is 0. The van der Waals surface area contributed by atoms with Crippen molar-refractivity contribution >= 4 is 21.7 Å². The van der Waals surface area contributed by atoms with Crippen LogP contribution in [0.15, 0.2) is 22.7 Å². The summed E-state index contributed by atoms with van der Waals surface area (Å²) in [6, 6.07) is 4.12. The average molecular weight is 339 g/mol. The number of hydrogen-bond acceptors (Lipinski definition) is 3. The molecule has 1 heterocycles. The first kappa shape index (κ1) is 14.3. The number of ether oxygens (including phenoxy) is 2. The Kier molecular flexibility index (Phi) is 4.15. The maximum Gasteiger partial charge on any atom is 0.573 e. The molecule has 0 saturated carbocycles. The van der Waals surface area contributed by atoms with Gasteiger partial charge >= 0.3 is 6.36 Å². The van der Waals surface area contributed by atoms with Crippen LogP contribution >= 0.6 is 15.9 Å². The monoisotopic (exact) mass is 338 g/mol. The van der Waals surface area contributed by atoms with Crippen LogP contribution in [0.2, 0.25) is 0 Å². The van der Waals surface area contributed by atoms with Crippen molar-refractivity contribution in [3.63, 3.8) is 0 Å². The molecule has 1 saturated heterocycles. The minimum absolute atomic E-state index is 0.0332. The summed E-state index contributed by atoms with van der Waals surface area (Å²) in [7, 11) is 0. The van der Waals surface area contributed by atoms with E-state index in [0.29, 0.717) is 10.9 Å². The Balaban J connectivity index is 2.31. The minimum Gasteiger partial charge on any atom is -0.405 e. The van der Waals surface area contributed by atoms with Gasteiger partial charge in [-0.2, -0.15) is 0 Å². The molecule has 104 valence electrons. The highest BCUT2D eigenvalue weighted by Gasteiger charge is 2.34. The van der Waals surface area contributed by atoms with E-state index >= 15 is 0 Å². The molecule has 0 radical (unpaired) electrons. The molecular weight excluding hydrogens is 329 g/mol. The van der Waals surface area contributed by atoms with Gasteiger partial charge in [0.05, 0.1) is 12.7 Å². The zero-order valence-corrected chi connectivity index (χ0v) is 11.3. The van der Waals surface area contributed by atoms with Gasteiger partial charge in [-0.15, -0.1) is 13.2 Å². The van der Waals surface area contributed by atoms with Gasteiger partial charge in [0, 0.05) is 22.9 Å². The molecular formula is C12H10BrF3O3. The standard InChI is InChI=1S/C12H10BrF3O3/c13-7-1-2-10(19-12(14,15)16)9(5-7)11-6-8(17)3-4-18-11/h1-2,5,11H,3-4,6H2. The highest BCUT2D eigenvalue weighted by molar-refractivity contribution is 9.10. The number of carbonyl (C=O) groups is 1. The Morgan fingerprint density at radius 2 is 2.11 bits per heavy atom. The van der Waals surface area contributed by atoms with Crippen LogP contribution in [0.1, 0.15) is 24.5 Å². The first-order valence-corrected chi connectivity index (χ1v) is 6.33. The third-order valence-electron chi connectivity index (χ3n) is 2.66. The maximum atomic E-state index is 12.3. The molecule has 0 N–H and O–H groups in total. The molecule has 1 atom stereocenters. The van der Waals surface area contributed by atoms with Crippen molar-refractivity contribution < 1.29 is 27.4 Å². The number of ketones is 1. The molecule has 1 fully saturated rings. The van der Waals surface area contributed by atoms with E-state index in [0.717, 1.165) is 0 Å². The van der Waals surface area contributed by atoms with Gasteiger partial charge in [0.2, 0.25) is 0 Å². The fraction of sp³-hybridized carbons (Fsp3) is 0.417. The Morgan fingerprint density at radius 3 is 2.74 bits per heavy atom. The summed E-state index contributed by atoms with van der Waals surface area (Å²) in [6.07, 6.45) is -5.12. The van der Waals surface area contributed by atoms with Crippen molar-refractivity contribution in [3.05, 3.63) is 28.2 Å². The quantitative estimate of drug-likeness (QED) is 0.823. The largest absolute Gasteiger partial charge is 0.573 e. The van der Waals surface area contributed by atoms with Gasteiger partial charge in [-0.3, -0.25) is 4.79 Å². The summed E-state index contributed by atoms with van der Waals surface area (Å²) >= 11 is 3.18. The lowest BCUT2D eigenvalue weighted by Crippen LogP contribution is -2.22. The van der Waals surface area contributed by atoms with E-state index in [1.165, 1.54) is 18.2 Å². The number of rotatable bonds is 2. The topological polar surface area (TPSA) is 35.5 Å². The molecule has 1 aliphatic rings. The van der Waals surface area contributed by atoms with E-state index in [1.54, 1.807) is 0 Å². The second kappa shape index (κ2) is 5.50. The number of Topliss-reactive ketones (excluding diaryl/α,β-unsaturated/α-hetero) is 1. The van der Waals surface area contributed by atoms with Crippen molar-refractivity contribution in [1.29, 1.82) is 0 Å². The van der Waals surface area contributed by atoms with E-state index in [2.05, 4.69) is 20.7 Å². The van der Waals surface area contributed by atoms with Crippen molar-refractivity contribution in [1.82, 2.24) is 0 Å². The maximum absolute atomic E-state index is 12.3. The van der Waals surface area contributed by atoms with Crippen LogP contribution in [0.5, 0.6) is 5.75 Å². The fourth-order valence-electron chi connectivity index (χ4n) is 1.87. The van der Waals surface area contributed by atoms with Crippen LogP contribution in [-0.4, -0.2) is 18.8 Å². The molecule has 19 heavy (non-hydrogen) atoms. The molecule has 3 nitrogen and oxygen atoms in total. The molecule has 1 aliphatic heterocycles. The van der Waals surface area contributed by atoms with Gasteiger partial charge in [0.1, 0.15) is 11.5 Å². The van der Waals surface area contributed by atoms with Gasteiger partial charge in [-0.1, -0.05) is 15.9 Å². The van der Waals surface area contributed by atoms with Crippen LogP contribution in [0.4, 0.5) is 13.2 Å². The average Bonchev–Trinajstić information content (AvgIpc) is 2.30. The van der Waals surface area contributed by atoms with Gasteiger partial charge in [-0.05, 0) is 18.2 Å². The fourth-order valence-corrected chi connectivity index (χ4v) is 2.25. The van der Waals surface area contributed by atoms with E-state index in [-0.39, 0.29) is 30.1 Å². The second-order valence-electron chi connectivity index (χ2n) is 4.08. The number of alkyl halides is 3. The molecule has 1 aromatic rings. The minimum atomic E-state index is -4.78. The van der Waals surface area contributed by atoms with Crippen LogP contribution in [-0.2, 0) is 9.53 Å². The number of carbonyl (C=O) groups excluding carboxylic acids is 1. The Labute approximate surface area is 115 Å². The summed E-state index contributed by atoms with van der Waals surface area (Å²) in [4.78, 5) is 11.4. The molecule has 1 aromatic carbocycles. The van der Waals surface area contributed by atoms with Crippen LogP contribution in [0, 0.1) is 0 Å². The van der Waals surface area contributed by atoms with E-state index in [1.807, 2.05) is 0 Å². The number of benzene rings is 1. The molecule has 1 unspecified atom stereocenters. The van der Waals surface area contributed by atoms with Crippen molar-refractivity contribution in [3.8, 4) is 5.75 Å². The first-order chi connectivity index (χ1) is 8.85. The van der Waals surface area contributed by atoms with Crippen LogP contribution < -0.4 is 4.74 Å². The Hall–Kier alpha value is -1.08. The first-order valence-electron chi connectivity index (χ1n) is 5.53. The third-order valence-corrected chi connectivity index (χ3v) is 3.15. The van der Waals surface area contributed by atoms with Gasteiger partial charge in [-0.25, -0.2) is 0 Å². The second-order valence-corrected chi connectivity index (χ2v) is 5.00. The molecule has 7 heteroatoms. The van der Waals surface area contributed by atoms with Crippen molar-refractivity contribution in [2.45, 2.75) is 25.3 Å². The zero-order chi connectivity index (χ0) is 14.0. The summed E-state index contributed by atoms with van der Waals surface area (Å²) in [5.74, 6) is -0.371. The summed E-state index contributed by atoms with van der Waals surface area (Å²) in [5, 5.41) is 0. The zero-order valence-electron chi connectivity index (χ0n) is 9.67. The normalized spacial score (nSPS) is 20.4. The van der Waals surface area contributed by atoms with Gasteiger partial charge in [0.15, 0.2) is 0 Å². The Morgan fingerprint density at radius 1 is 1.37 bits per heavy atom. The SMILES string of the molecule is O=C1CCOC(c2cc(Br)ccc2OC(F)(F)F)C1. The lowest BCUT2D eigenvalue weighted by molar-refractivity contribution is -0.275. The summed E-state index contributed by atoms with van der Waals surface area (Å²) < 4.78 is 46.9. The lowest BCUT2D eigenvalue weighted by atomic mass is 10.00. The smallest absolute Gasteiger partial charge is 0.405 e. The highest BCUT2D eigenvalue weighted by Crippen LogP contribution is 2.37. The van der Waals surface area contributed by atoms with Crippen LogP contribution in [0.3, 0.4) is 0 Å².